The van der Waals surface area contributed by atoms with Crippen molar-refractivity contribution in [2.45, 2.75) is 33.1 Å². The van der Waals surface area contributed by atoms with Crippen molar-refractivity contribution >= 4 is 0 Å². The minimum atomic E-state index is 0.639. The molecule has 0 N–H and O–H groups in total. The third kappa shape index (κ3) is 1.42. The van der Waals surface area contributed by atoms with Gasteiger partial charge in [0.1, 0.15) is 0 Å². The lowest BCUT2D eigenvalue weighted by molar-refractivity contribution is 0.301. The number of nitrogens with zero attached hydrogens (tertiary/aromatic N) is 1. The van der Waals surface area contributed by atoms with E-state index < -0.39 is 0 Å². The minimum Gasteiger partial charge on any atom is -0.300 e. The monoisotopic (exact) mass is 165 g/mol. The molecule has 1 nitrogen and oxygen atoms in total. The smallest absolute Gasteiger partial charge is 0.0166 e. The molecule has 0 amide bonds. The molecule has 0 aromatic heterocycles. The fourth-order valence-corrected chi connectivity index (χ4v) is 2.06. The Morgan fingerprint density at radius 2 is 2.25 bits per heavy atom. The van der Waals surface area contributed by atoms with E-state index >= 15 is 0 Å². The molecule has 1 aliphatic carbocycles. The Hall–Kier alpha value is -0.300. The first-order valence-electron chi connectivity index (χ1n) is 5.16. The number of hydrogen-bond acceptors (Lipinski definition) is 1. The topological polar surface area (TPSA) is 3.24 Å². The predicted molar refractivity (Wildman–Crippen MR) is 52.2 cm³/mol. The highest BCUT2D eigenvalue weighted by molar-refractivity contribution is 5.22. The van der Waals surface area contributed by atoms with E-state index in [1.54, 1.807) is 5.57 Å². The van der Waals surface area contributed by atoms with Crippen LogP contribution in [0.3, 0.4) is 0 Å². The summed E-state index contributed by atoms with van der Waals surface area (Å²) in [7, 11) is 0. The Morgan fingerprint density at radius 3 is 2.67 bits per heavy atom. The molecular formula is C11H19N. The molecule has 1 saturated carbocycles. The van der Waals surface area contributed by atoms with Crippen LogP contribution in [0.1, 0.15) is 33.1 Å². The lowest BCUT2D eigenvalue weighted by Crippen LogP contribution is -2.29. The third-order valence-electron chi connectivity index (χ3n) is 3.52. The van der Waals surface area contributed by atoms with Gasteiger partial charge in [0, 0.05) is 13.1 Å². The van der Waals surface area contributed by atoms with Crippen molar-refractivity contribution in [1.82, 2.24) is 4.90 Å². The summed E-state index contributed by atoms with van der Waals surface area (Å²) in [5.74, 6) is 0. The molecule has 0 spiro atoms. The van der Waals surface area contributed by atoms with Gasteiger partial charge in [0.25, 0.3) is 0 Å². The van der Waals surface area contributed by atoms with Crippen LogP contribution in [0, 0.1) is 5.41 Å². The zero-order valence-corrected chi connectivity index (χ0v) is 8.27. The summed E-state index contributed by atoms with van der Waals surface area (Å²) < 4.78 is 0. The van der Waals surface area contributed by atoms with E-state index in [9.17, 15) is 0 Å². The fraction of sp³-hybridized carbons (Fsp3) is 0.818. The molecule has 1 heteroatoms. The molecule has 0 unspecified atom stereocenters. The third-order valence-corrected chi connectivity index (χ3v) is 3.52. The van der Waals surface area contributed by atoms with Crippen molar-refractivity contribution in [1.29, 1.82) is 0 Å². The number of hydrogen-bond donors (Lipinski definition) is 0. The lowest BCUT2D eigenvalue weighted by atomic mass is 9.92. The van der Waals surface area contributed by atoms with Crippen molar-refractivity contribution in [3.63, 3.8) is 0 Å². The average Bonchev–Trinajstić information content (AvgIpc) is 2.85. The molecule has 0 aromatic carbocycles. The maximum atomic E-state index is 2.51. The highest BCUT2D eigenvalue weighted by Gasteiger charge is 2.40. The van der Waals surface area contributed by atoms with Gasteiger partial charge in [-0.1, -0.05) is 25.5 Å². The highest BCUT2D eigenvalue weighted by Crippen LogP contribution is 2.52. The van der Waals surface area contributed by atoms with Gasteiger partial charge in [0.15, 0.2) is 0 Å². The molecule has 12 heavy (non-hydrogen) atoms. The van der Waals surface area contributed by atoms with E-state index in [0.29, 0.717) is 5.41 Å². The summed E-state index contributed by atoms with van der Waals surface area (Å²) >= 11 is 0. The van der Waals surface area contributed by atoms with Gasteiger partial charge in [-0.05, 0) is 31.2 Å². The molecule has 1 fully saturated rings. The summed E-state index contributed by atoms with van der Waals surface area (Å²) in [4.78, 5) is 2.51. The highest BCUT2D eigenvalue weighted by atomic mass is 15.1. The van der Waals surface area contributed by atoms with Gasteiger partial charge < -0.3 is 0 Å². The first-order valence-corrected chi connectivity index (χ1v) is 5.16. The van der Waals surface area contributed by atoms with Crippen LogP contribution >= 0.6 is 0 Å². The van der Waals surface area contributed by atoms with Gasteiger partial charge in [-0.15, -0.1) is 0 Å². The van der Waals surface area contributed by atoms with Crippen LogP contribution in [-0.4, -0.2) is 24.5 Å². The largest absolute Gasteiger partial charge is 0.300 e. The van der Waals surface area contributed by atoms with Crippen molar-refractivity contribution < 1.29 is 0 Å². The fourth-order valence-electron chi connectivity index (χ4n) is 2.06. The first kappa shape index (κ1) is 8.31. The van der Waals surface area contributed by atoms with Crippen molar-refractivity contribution in [3.8, 4) is 0 Å². The maximum Gasteiger partial charge on any atom is 0.0166 e. The van der Waals surface area contributed by atoms with Crippen molar-refractivity contribution in [3.05, 3.63) is 11.6 Å². The molecule has 0 aromatic rings. The van der Waals surface area contributed by atoms with E-state index in [4.69, 9.17) is 0 Å². The van der Waals surface area contributed by atoms with Crippen LogP contribution in [0.5, 0.6) is 0 Å². The molecule has 0 atom stereocenters. The molecule has 1 heterocycles. The summed E-state index contributed by atoms with van der Waals surface area (Å²) in [6, 6.07) is 0. The van der Waals surface area contributed by atoms with Crippen LogP contribution in [0.4, 0.5) is 0 Å². The number of likely N-dealkylation sites (N-methyl/N-ethyl adjacent to an activating group) is 1. The van der Waals surface area contributed by atoms with E-state index in [-0.39, 0.29) is 0 Å². The Morgan fingerprint density at radius 1 is 1.50 bits per heavy atom. The van der Waals surface area contributed by atoms with Gasteiger partial charge in [0.05, 0.1) is 0 Å². The van der Waals surface area contributed by atoms with Crippen LogP contribution < -0.4 is 0 Å². The minimum absolute atomic E-state index is 0.639. The Labute approximate surface area is 75.4 Å². The Kier molecular flexibility index (Phi) is 1.99. The van der Waals surface area contributed by atoms with Crippen LogP contribution in [0.2, 0.25) is 0 Å². The second kappa shape index (κ2) is 2.88. The standard InChI is InChI=1S/C11H19N/c1-3-12-8-4-10(5-9-12)11(2)6-7-11/h4H,3,5-9H2,1-2H3. The van der Waals surface area contributed by atoms with Gasteiger partial charge in [-0.3, -0.25) is 4.90 Å². The Bertz CT molecular complexity index is 201. The second-order valence-electron chi connectivity index (χ2n) is 4.43. The zero-order chi connectivity index (χ0) is 8.60. The van der Waals surface area contributed by atoms with Gasteiger partial charge in [-0.25, -0.2) is 0 Å². The molecule has 2 aliphatic rings. The van der Waals surface area contributed by atoms with Crippen LogP contribution in [0.15, 0.2) is 11.6 Å². The molecular weight excluding hydrogens is 146 g/mol. The van der Waals surface area contributed by atoms with E-state index in [1.165, 1.54) is 38.9 Å². The van der Waals surface area contributed by atoms with Gasteiger partial charge in [-0.2, -0.15) is 0 Å². The molecule has 68 valence electrons. The summed E-state index contributed by atoms with van der Waals surface area (Å²) in [5.41, 5.74) is 2.38. The Balaban J connectivity index is 1.97. The molecule has 0 bridgehead atoms. The first-order chi connectivity index (χ1) is 5.74. The summed E-state index contributed by atoms with van der Waals surface area (Å²) in [6.07, 6.45) is 6.67. The summed E-state index contributed by atoms with van der Waals surface area (Å²) in [5, 5.41) is 0. The molecule has 0 saturated heterocycles. The molecule has 0 radical (unpaired) electrons. The van der Waals surface area contributed by atoms with Crippen LogP contribution in [-0.2, 0) is 0 Å². The van der Waals surface area contributed by atoms with Gasteiger partial charge >= 0.3 is 0 Å². The SMILES string of the molecule is CCN1CC=C(C2(C)CC2)CC1. The van der Waals surface area contributed by atoms with Crippen LogP contribution in [0.25, 0.3) is 0 Å². The number of rotatable bonds is 2. The average molecular weight is 165 g/mol. The van der Waals surface area contributed by atoms with E-state index in [1.807, 2.05) is 0 Å². The quantitative estimate of drug-likeness (QED) is 0.568. The normalized spacial score (nSPS) is 28.3. The van der Waals surface area contributed by atoms with Gasteiger partial charge in [0.2, 0.25) is 0 Å². The van der Waals surface area contributed by atoms with E-state index in [0.717, 1.165) is 0 Å². The molecule has 2 rings (SSSR count). The van der Waals surface area contributed by atoms with Crippen molar-refractivity contribution in [2.75, 3.05) is 19.6 Å². The predicted octanol–water partition coefficient (Wildman–Crippen LogP) is 2.44. The summed E-state index contributed by atoms with van der Waals surface area (Å²) in [6.45, 7) is 8.36. The molecule has 1 aliphatic heterocycles. The zero-order valence-electron chi connectivity index (χ0n) is 8.27. The maximum absolute atomic E-state index is 2.51. The lowest BCUT2D eigenvalue weighted by Gasteiger charge is -2.27. The van der Waals surface area contributed by atoms with Crippen molar-refractivity contribution in [2.24, 2.45) is 5.41 Å². The second-order valence-corrected chi connectivity index (χ2v) is 4.43. The van der Waals surface area contributed by atoms with E-state index in [2.05, 4.69) is 24.8 Å².